The second-order valence-electron chi connectivity index (χ2n) is 5.15. The zero-order valence-corrected chi connectivity index (χ0v) is 12.5. The number of hydrogen-bond acceptors (Lipinski definition) is 4. The smallest absolute Gasteiger partial charge is 0.259 e. The lowest BCUT2D eigenvalue weighted by Gasteiger charge is -2.15. The molecule has 0 aliphatic carbocycles. The third kappa shape index (κ3) is 2.47. The summed E-state index contributed by atoms with van der Waals surface area (Å²) in [5.74, 6) is 0.245. The number of anilines is 1. The largest absolute Gasteiger partial charge is 0.494 e. The number of imide groups is 1. The Morgan fingerprint density at radius 2 is 1.95 bits per heavy atom. The highest BCUT2D eigenvalue weighted by molar-refractivity contribution is 6.21. The van der Waals surface area contributed by atoms with Gasteiger partial charge in [-0.1, -0.05) is 0 Å². The fourth-order valence-electron chi connectivity index (χ4n) is 2.56. The second kappa shape index (κ2) is 5.63. The molecule has 0 bridgehead atoms. The van der Waals surface area contributed by atoms with Crippen LogP contribution in [0, 0.1) is 6.92 Å². The molecule has 1 atom stereocenters. The Morgan fingerprint density at radius 3 is 2.55 bits per heavy atom. The summed E-state index contributed by atoms with van der Waals surface area (Å²) in [7, 11) is 0. The van der Waals surface area contributed by atoms with Crippen molar-refractivity contribution in [3.63, 3.8) is 0 Å². The van der Waals surface area contributed by atoms with E-state index in [0.717, 1.165) is 5.69 Å². The molecule has 0 saturated carbocycles. The van der Waals surface area contributed by atoms with Gasteiger partial charge in [-0.3, -0.25) is 14.3 Å². The van der Waals surface area contributed by atoms with E-state index in [2.05, 4.69) is 5.10 Å². The molecule has 6 heteroatoms. The Balaban J connectivity index is 1.85. The van der Waals surface area contributed by atoms with Crippen LogP contribution in [0.15, 0.2) is 36.5 Å². The van der Waals surface area contributed by atoms with Crippen molar-refractivity contribution >= 4 is 17.5 Å². The van der Waals surface area contributed by atoms with Crippen molar-refractivity contribution in [2.24, 2.45) is 0 Å². The second-order valence-corrected chi connectivity index (χ2v) is 5.15. The SMILES string of the molecule is CCOc1ccc(N2C(=O)C[C@H](n3ccc(C)n3)C2=O)cc1. The first-order chi connectivity index (χ1) is 10.6. The molecule has 6 nitrogen and oxygen atoms in total. The minimum Gasteiger partial charge on any atom is -0.494 e. The van der Waals surface area contributed by atoms with Gasteiger partial charge in [-0.05, 0) is 44.2 Å². The standard InChI is InChI=1S/C16H17N3O3/c1-3-22-13-6-4-12(5-7-13)19-15(20)10-14(16(19)21)18-9-8-11(2)17-18/h4-9,14H,3,10H2,1-2H3/t14-/m0/s1. The van der Waals surface area contributed by atoms with Crippen LogP contribution in [0.2, 0.25) is 0 Å². The van der Waals surface area contributed by atoms with Crippen molar-refractivity contribution in [1.82, 2.24) is 9.78 Å². The fraction of sp³-hybridized carbons (Fsp3) is 0.312. The topological polar surface area (TPSA) is 64.4 Å². The van der Waals surface area contributed by atoms with E-state index in [1.165, 1.54) is 4.90 Å². The Morgan fingerprint density at radius 1 is 1.23 bits per heavy atom. The quantitative estimate of drug-likeness (QED) is 0.811. The minimum atomic E-state index is -0.562. The molecule has 2 heterocycles. The normalized spacial score (nSPS) is 18.1. The first-order valence-corrected chi connectivity index (χ1v) is 7.21. The van der Waals surface area contributed by atoms with Gasteiger partial charge < -0.3 is 4.74 Å². The molecule has 1 aliphatic rings. The maximum atomic E-state index is 12.5. The van der Waals surface area contributed by atoms with Crippen LogP contribution in [0.5, 0.6) is 5.75 Å². The first kappa shape index (κ1) is 14.3. The van der Waals surface area contributed by atoms with Crippen LogP contribution >= 0.6 is 0 Å². The van der Waals surface area contributed by atoms with Crippen LogP contribution in [0.1, 0.15) is 25.1 Å². The highest BCUT2D eigenvalue weighted by atomic mass is 16.5. The van der Waals surface area contributed by atoms with Crippen LogP contribution in [0.3, 0.4) is 0 Å². The van der Waals surface area contributed by atoms with Crippen LogP contribution in [-0.4, -0.2) is 28.2 Å². The van der Waals surface area contributed by atoms with Gasteiger partial charge in [0.2, 0.25) is 5.91 Å². The molecule has 1 fully saturated rings. The molecule has 2 amide bonds. The lowest BCUT2D eigenvalue weighted by molar-refractivity contribution is -0.122. The monoisotopic (exact) mass is 299 g/mol. The van der Waals surface area contributed by atoms with Gasteiger partial charge >= 0.3 is 0 Å². The number of rotatable bonds is 4. The fourth-order valence-corrected chi connectivity index (χ4v) is 2.56. The van der Waals surface area contributed by atoms with Gasteiger partial charge in [-0.25, -0.2) is 4.90 Å². The number of ether oxygens (including phenoxy) is 1. The highest BCUT2D eigenvalue weighted by Crippen LogP contribution is 2.30. The van der Waals surface area contributed by atoms with E-state index < -0.39 is 6.04 Å². The number of aryl methyl sites for hydroxylation is 1. The Labute approximate surface area is 128 Å². The van der Waals surface area contributed by atoms with Gasteiger partial charge in [0.1, 0.15) is 11.8 Å². The molecule has 0 N–H and O–H groups in total. The lowest BCUT2D eigenvalue weighted by atomic mass is 10.2. The van der Waals surface area contributed by atoms with E-state index in [-0.39, 0.29) is 18.2 Å². The van der Waals surface area contributed by atoms with E-state index in [4.69, 9.17) is 4.74 Å². The summed E-state index contributed by atoms with van der Waals surface area (Å²) in [6.07, 6.45) is 1.86. The van der Waals surface area contributed by atoms with Crippen molar-refractivity contribution in [1.29, 1.82) is 0 Å². The Hall–Kier alpha value is -2.63. The number of carbonyl (C=O) groups is 2. The summed E-state index contributed by atoms with van der Waals surface area (Å²) < 4.78 is 6.93. The zero-order chi connectivity index (χ0) is 15.7. The molecule has 3 rings (SSSR count). The minimum absolute atomic E-state index is 0.132. The molecule has 1 aliphatic heterocycles. The van der Waals surface area contributed by atoms with Crippen molar-refractivity contribution in [2.75, 3.05) is 11.5 Å². The van der Waals surface area contributed by atoms with E-state index in [1.54, 1.807) is 35.1 Å². The van der Waals surface area contributed by atoms with E-state index in [0.29, 0.717) is 18.0 Å². The average Bonchev–Trinajstić information content (AvgIpc) is 3.04. The number of aromatic nitrogens is 2. The summed E-state index contributed by atoms with van der Waals surface area (Å²) in [6.45, 7) is 4.32. The highest BCUT2D eigenvalue weighted by Gasteiger charge is 2.41. The van der Waals surface area contributed by atoms with Gasteiger partial charge in [0.25, 0.3) is 5.91 Å². The van der Waals surface area contributed by atoms with Crippen molar-refractivity contribution < 1.29 is 14.3 Å². The van der Waals surface area contributed by atoms with Gasteiger partial charge in [0.15, 0.2) is 0 Å². The molecular weight excluding hydrogens is 282 g/mol. The molecule has 0 spiro atoms. The lowest BCUT2D eigenvalue weighted by Crippen LogP contribution is -2.31. The number of benzene rings is 1. The molecule has 0 unspecified atom stereocenters. The predicted molar refractivity (Wildman–Crippen MR) is 80.7 cm³/mol. The number of amides is 2. The zero-order valence-electron chi connectivity index (χ0n) is 12.5. The molecule has 2 aromatic rings. The number of hydrogen-bond donors (Lipinski definition) is 0. The molecule has 1 saturated heterocycles. The van der Waals surface area contributed by atoms with Gasteiger partial charge in [0, 0.05) is 6.20 Å². The first-order valence-electron chi connectivity index (χ1n) is 7.21. The van der Waals surface area contributed by atoms with Crippen molar-refractivity contribution in [3.05, 3.63) is 42.2 Å². The molecule has 1 aromatic heterocycles. The summed E-state index contributed by atoms with van der Waals surface area (Å²) in [6, 6.07) is 8.20. The third-order valence-electron chi connectivity index (χ3n) is 3.59. The molecule has 114 valence electrons. The van der Waals surface area contributed by atoms with Crippen LogP contribution in [0.25, 0.3) is 0 Å². The predicted octanol–water partition coefficient (Wildman–Crippen LogP) is 2.09. The average molecular weight is 299 g/mol. The molecular formula is C16H17N3O3. The summed E-state index contributed by atoms with van der Waals surface area (Å²) in [5.41, 5.74) is 1.38. The van der Waals surface area contributed by atoms with E-state index in [1.807, 2.05) is 19.9 Å². The molecule has 22 heavy (non-hydrogen) atoms. The summed E-state index contributed by atoms with van der Waals surface area (Å²) >= 11 is 0. The molecule has 0 radical (unpaired) electrons. The van der Waals surface area contributed by atoms with Gasteiger partial charge in [-0.15, -0.1) is 0 Å². The van der Waals surface area contributed by atoms with E-state index in [9.17, 15) is 9.59 Å². The Kier molecular flexibility index (Phi) is 3.66. The van der Waals surface area contributed by atoms with E-state index >= 15 is 0 Å². The Bertz CT molecular complexity index is 706. The maximum Gasteiger partial charge on any atom is 0.259 e. The van der Waals surface area contributed by atoms with Gasteiger partial charge in [0.05, 0.1) is 24.4 Å². The van der Waals surface area contributed by atoms with Crippen LogP contribution in [0.4, 0.5) is 5.69 Å². The van der Waals surface area contributed by atoms with Gasteiger partial charge in [-0.2, -0.15) is 5.10 Å². The molecule has 1 aromatic carbocycles. The third-order valence-corrected chi connectivity index (χ3v) is 3.59. The number of nitrogens with zero attached hydrogens (tertiary/aromatic N) is 3. The van der Waals surface area contributed by atoms with Crippen molar-refractivity contribution in [3.8, 4) is 5.75 Å². The number of carbonyl (C=O) groups excluding carboxylic acids is 2. The van der Waals surface area contributed by atoms with Crippen LogP contribution < -0.4 is 9.64 Å². The van der Waals surface area contributed by atoms with Crippen LogP contribution in [-0.2, 0) is 9.59 Å². The summed E-state index contributed by atoms with van der Waals surface area (Å²) in [4.78, 5) is 26.0. The summed E-state index contributed by atoms with van der Waals surface area (Å²) in [5, 5.41) is 4.24. The van der Waals surface area contributed by atoms with Crippen molar-refractivity contribution in [2.45, 2.75) is 26.3 Å². The maximum absolute atomic E-state index is 12.5.